The smallest absolute Gasteiger partial charge is 0.406 e. The van der Waals surface area contributed by atoms with Crippen LogP contribution in [0.1, 0.15) is 25.7 Å². The van der Waals surface area contributed by atoms with Gasteiger partial charge >= 0.3 is 12.1 Å². The highest BCUT2D eigenvalue weighted by Crippen LogP contribution is 2.49. The van der Waals surface area contributed by atoms with E-state index in [1.54, 1.807) is 0 Å². The van der Waals surface area contributed by atoms with Crippen LogP contribution in [0.4, 0.5) is 13.2 Å². The van der Waals surface area contributed by atoms with Crippen LogP contribution in [0, 0.1) is 11.3 Å². The number of aliphatic carboxylic acids is 1. The van der Waals surface area contributed by atoms with E-state index < -0.39 is 30.0 Å². The molecule has 0 aromatic carbocycles. The molecule has 0 bridgehead atoms. The SMILES string of the molecule is NCC(C(=O)O)(C1CCCC1)C(F)(F)F. The normalized spacial score (nSPS) is 22.7. The summed E-state index contributed by atoms with van der Waals surface area (Å²) in [5, 5.41) is 8.82. The fraction of sp³-hybridized carbons (Fsp3) is 0.889. The zero-order chi connectivity index (χ0) is 11.7. The Hall–Kier alpha value is -0.780. The summed E-state index contributed by atoms with van der Waals surface area (Å²) in [5.74, 6) is -2.72. The highest BCUT2D eigenvalue weighted by molar-refractivity contribution is 5.76. The van der Waals surface area contributed by atoms with Gasteiger partial charge in [0.15, 0.2) is 5.41 Å². The maximum atomic E-state index is 12.8. The average molecular weight is 225 g/mol. The fourth-order valence-corrected chi connectivity index (χ4v) is 2.32. The van der Waals surface area contributed by atoms with Crippen molar-refractivity contribution < 1.29 is 23.1 Å². The van der Waals surface area contributed by atoms with Gasteiger partial charge in [0.25, 0.3) is 0 Å². The Balaban J connectivity index is 3.08. The summed E-state index contributed by atoms with van der Waals surface area (Å²) in [5.41, 5.74) is 2.33. The second-order valence-electron chi connectivity index (χ2n) is 3.96. The molecule has 1 unspecified atom stereocenters. The van der Waals surface area contributed by atoms with Gasteiger partial charge in [-0.2, -0.15) is 13.2 Å². The van der Waals surface area contributed by atoms with Gasteiger partial charge in [-0.05, 0) is 18.8 Å². The first-order chi connectivity index (χ1) is 6.86. The Morgan fingerprint density at radius 2 is 1.80 bits per heavy atom. The van der Waals surface area contributed by atoms with Crippen molar-refractivity contribution in [2.45, 2.75) is 31.9 Å². The van der Waals surface area contributed by atoms with Gasteiger partial charge in [0.05, 0.1) is 0 Å². The van der Waals surface area contributed by atoms with Crippen LogP contribution in [-0.2, 0) is 4.79 Å². The van der Waals surface area contributed by atoms with Gasteiger partial charge in [-0.1, -0.05) is 12.8 Å². The van der Waals surface area contributed by atoms with Crippen LogP contribution in [0.5, 0.6) is 0 Å². The Bertz CT molecular complexity index is 248. The van der Waals surface area contributed by atoms with Gasteiger partial charge in [-0.15, -0.1) is 0 Å². The minimum Gasteiger partial charge on any atom is -0.481 e. The van der Waals surface area contributed by atoms with Crippen LogP contribution in [0.3, 0.4) is 0 Å². The number of nitrogens with two attached hydrogens (primary N) is 1. The van der Waals surface area contributed by atoms with Gasteiger partial charge in [0, 0.05) is 6.54 Å². The monoisotopic (exact) mass is 225 g/mol. The van der Waals surface area contributed by atoms with Gasteiger partial charge in [0.2, 0.25) is 0 Å². The van der Waals surface area contributed by atoms with Crippen LogP contribution in [0.15, 0.2) is 0 Å². The van der Waals surface area contributed by atoms with E-state index in [-0.39, 0.29) is 0 Å². The quantitative estimate of drug-likeness (QED) is 0.769. The third kappa shape index (κ3) is 1.82. The molecule has 1 saturated carbocycles. The Morgan fingerprint density at radius 1 is 1.33 bits per heavy atom. The molecule has 6 heteroatoms. The molecule has 0 radical (unpaired) electrons. The summed E-state index contributed by atoms with van der Waals surface area (Å²) in [6, 6.07) is 0. The van der Waals surface area contributed by atoms with Crippen molar-refractivity contribution >= 4 is 5.97 Å². The van der Waals surface area contributed by atoms with E-state index in [0.29, 0.717) is 25.7 Å². The first-order valence-corrected chi connectivity index (χ1v) is 4.86. The Kier molecular flexibility index (Phi) is 3.28. The lowest BCUT2D eigenvalue weighted by Gasteiger charge is -2.35. The predicted molar refractivity (Wildman–Crippen MR) is 47.1 cm³/mol. The predicted octanol–water partition coefficient (Wildman–Crippen LogP) is 1.77. The van der Waals surface area contributed by atoms with Gasteiger partial charge in [0.1, 0.15) is 0 Å². The first kappa shape index (κ1) is 12.3. The molecule has 1 fully saturated rings. The lowest BCUT2D eigenvalue weighted by Crippen LogP contribution is -2.54. The topological polar surface area (TPSA) is 63.3 Å². The summed E-state index contributed by atoms with van der Waals surface area (Å²) >= 11 is 0. The number of carbonyl (C=O) groups is 1. The molecule has 0 amide bonds. The van der Waals surface area contributed by atoms with Crippen LogP contribution in [0.2, 0.25) is 0 Å². The summed E-state index contributed by atoms with van der Waals surface area (Å²) in [6.07, 6.45) is -2.89. The maximum absolute atomic E-state index is 12.8. The van der Waals surface area contributed by atoms with Crippen LogP contribution < -0.4 is 5.73 Å². The molecular formula is C9H14F3NO2. The molecule has 0 aromatic rings. The van der Waals surface area contributed by atoms with E-state index >= 15 is 0 Å². The maximum Gasteiger partial charge on any atom is 0.406 e. The zero-order valence-corrected chi connectivity index (χ0v) is 8.18. The number of rotatable bonds is 3. The van der Waals surface area contributed by atoms with Crippen molar-refractivity contribution in [3.63, 3.8) is 0 Å². The van der Waals surface area contributed by atoms with E-state index in [4.69, 9.17) is 10.8 Å². The van der Waals surface area contributed by atoms with Crippen LogP contribution in [0.25, 0.3) is 0 Å². The first-order valence-electron chi connectivity index (χ1n) is 4.86. The molecule has 0 heterocycles. The molecule has 3 N–H and O–H groups in total. The molecule has 3 nitrogen and oxygen atoms in total. The number of alkyl halides is 3. The highest BCUT2D eigenvalue weighted by atomic mass is 19.4. The standard InChI is InChI=1S/C9H14F3NO2/c10-9(11,12)8(5-13,7(14)15)6-3-1-2-4-6/h6H,1-5,13H2,(H,14,15). The molecule has 0 aliphatic heterocycles. The minimum absolute atomic E-state index is 0.295. The number of hydrogen-bond donors (Lipinski definition) is 2. The summed E-state index contributed by atoms with van der Waals surface area (Å²) in [6.45, 7) is -0.878. The van der Waals surface area contributed by atoms with E-state index in [9.17, 15) is 18.0 Å². The second-order valence-corrected chi connectivity index (χ2v) is 3.96. The van der Waals surface area contributed by atoms with Crippen molar-refractivity contribution in [3.8, 4) is 0 Å². The van der Waals surface area contributed by atoms with Crippen molar-refractivity contribution in [2.75, 3.05) is 6.54 Å². The summed E-state index contributed by atoms with van der Waals surface area (Å²) < 4.78 is 38.5. The van der Waals surface area contributed by atoms with E-state index in [2.05, 4.69) is 0 Å². The molecule has 0 spiro atoms. The fourth-order valence-electron chi connectivity index (χ4n) is 2.32. The third-order valence-corrected chi connectivity index (χ3v) is 3.26. The lowest BCUT2D eigenvalue weighted by molar-refractivity contribution is -0.243. The van der Waals surface area contributed by atoms with Crippen molar-refractivity contribution in [2.24, 2.45) is 17.1 Å². The number of halogens is 3. The van der Waals surface area contributed by atoms with Gasteiger partial charge in [-0.25, -0.2) is 0 Å². The molecule has 1 rings (SSSR count). The Morgan fingerprint density at radius 3 is 2.07 bits per heavy atom. The van der Waals surface area contributed by atoms with Gasteiger partial charge in [-0.3, -0.25) is 4.79 Å². The zero-order valence-electron chi connectivity index (χ0n) is 8.18. The lowest BCUT2D eigenvalue weighted by atomic mass is 9.73. The van der Waals surface area contributed by atoms with Gasteiger partial charge < -0.3 is 10.8 Å². The second kappa shape index (κ2) is 4.00. The minimum atomic E-state index is -4.78. The van der Waals surface area contributed by atoms with Crippen molar-refractivity contribution in [3.05, 3.63) is 0 Å². The average Bonchev–Trinajstić information content (AvgIpc) is 2.56. The number of carboxylic acid groups (broad SMARTS) is 1. The van der Waals surface area contributed by atoms with E-state index in [1.165, 1.54) is 0 Å². The van der Waals surface area contributed by atoms with Crippen LogP contribution in [-0.4, -0.2) is 23.8 Å². The summed E-state index contributed by atoms with van der Waals surface area (Å²) in [4.78, 5) is 10.9. The third-order valence-electron chi connectivity index (χ3n) is 3.26. The number of hydrogen-bond acceptors (Lipinski definition) is 2. The van der Waals surface area contributed by atoms with E-state index in [0.717, 1.165) is 0 Å². The molecule has 15 heavy (non-hydrogen) atoms. The highest BCUT2D eigenvalue weighted by Gasteiger charge is 2.64. The molecule has 0 aromatic heterocycles. The Labute approximate surface area is 85.4 Å². The molecule has 1 aliphatic rings. The number of carboxylic acids is 1. The summed E-state index contributed by atoms with van der Waals surface area (Å²) in [7, 11) is 0. The molecule has 1 atom stereocenters. The van der Waals surface area contributed by atoms with E-state index in [1.807, 2.05) is 0 Å². The molecule has 88 valence electrons. The molecule has 1 aliphatic carbocycles. The van der Waals surface area contributed by atoms with Crippen molar-refractivity contribution in [1.29, 1.82) is 0 Å². The molecular weight excluding hydrogens is 211 g/mol. The van der Waals surface area contributed by atoms with Crippen molar-refractivity contribution in [1.82, 2.24) is 0 Å². The van der Waals surface area contributed by atoms with Crippen LogP contribution >= 0.6 is 0 Å². The largest absolute Gasteiger partial charge is 0.481 e. The molecule has 0 saturated heterocycles.